The third kappa shape index (κ3) is 14.0. The quantitative estimate of drug-likeness (QED) is 0.203. The molecule has 16 heteroatoms. The van der Waals surface area contributed by atoms with Gasteiger partial charge in [0.15, 0.2) is 12.6 Å². The third-order valence-electron chi connectivity index (χ3n) is 10.3. The molecule has 3 N–H and O–H groups in total. The summed E-state index contributed by atoms with van der Waals surface area (Å²) in [6.45, 7) is 18.3. The fraction of sp³-hybridized carbons (Fsp3) is 0.892. The first-order valence-corrected chi connectivity index (χ1v) is 17.8. The first-order valence-electron chi connectivity index (χ1n) is 17.8. The highest BCUT2D eigenvalue weighted by Gasteiger charge is 2.48. The molecule has 310 valence electrons. The van der Waals surface area contributed by atoms with Crippen molar-refractivity contribution in [3.8, 4) is 0 Å². The van der Waals surface area contributed by atoms with Crippen molar-refractivity contribution in [2.45, 2.75) is 111 Å². The van der Waals surface area contributed by atoms with Gasteiger partial charge in [0.05, 0.1) is 104 Å². The molecule has 3 heterocycles. The third-order valence-corrected chi connectivity index (χ3v) is 10.3. The molecule has 0 aromatic carbocycles. The number of aliphatic hydroxyl groups is 3. The summed E-state index contributed by atoms with van der Waals surface area (Å²) in [5, 5.41) is 28.4. The Balaban J connectivity index is 0.000000412. The van der Waals surface area contributed by atoms with Crippen LogP contribution in [0.2, 0.25) is 0 Å². The van der Waals surface area contributed by atoms with Gasteiger partial charge >= 0.3 is 23.9 Å². The Morgan fingerprint density at radius 1 is 0.660 bits per heavy atom. The molecule has 0 aromatic heterocycles. The van der Waals surface area contributed by atoms with Crippen LogP contribution in [0, 0.1) is 28.1 Å². The standard InChI is InChI=1S/C15H28O6.C12H18O8.C10H21NO/c1-13(2,5-16)11-18-7-15(8-19-11)9-20-12(21-10-15)14(3,4)6-17;1-17-9(13)5-7(11(15)19-3)8(12(16)20-4)6-10(14)18-2;1-9(2)6-8(12)7-10(3,4)11(9)5/h11-12,16-17H,5-10H2,1-4H3;7-8H,5-6H2,1-4H3;8,12H,6-7H2,1-5H3. The number of aliphatic hydroxyl groups excluding tert-OH is 3. The SMILES string of the molecule is CC(C)(CO)C1OCC2(CO1)COC(C(C)(C)CO)OC2.CN1C(C)(C)CC(O)CC1(C)C.COC(=O)CC(C(=O)OC)C(CC(=O)OC)C(=O)OC. The number of rotatable bonds is 11. The van der Waals surface area contributed by atoms with Crippen molar-refractivity contribution < 1.29 is 72.4 Å². The zero-order chi connectivity index (χ0) is 41.0. The molecule has 3 fully saturated rings. The maximum absolute atomic E-state index is 11.7. The molecule has 16 nitrogen and oxygen atoms in total. The second-order valence-corrected chi connectivity index (χ2v) is 16.8. The average molecular weight is 766 g/mol. The summed E-state index contributed by atoms with van der Waals surface area (Å²) < 4.78 is 41.1. The van der Waals surface area contributed by atoms with Crippen molar-refractivity contribution in [3.05, 3.63) is 0 Å². The fourth-order valence-electron chi connectivity index (χ4n) is 6.33. The molecule has 0 bridgehead atoms. The van der Waals surface area contributed by atoms with Crippen LogP contribution in [0.1, 0.15) is 81.1 Å². The van der Waals surface area contributed by atoms with Gasteiger partial charge in [-0.3, -0.25) is 24.1 Å². The molecule has 1 spiro atoms. The lowest BCUT2D eigenvalue weighted by atomic mass is 9.79. The van der Waals surface area contributed by atoms with E-state index in [1.807, 2.05) is 27.7 Å². The summed E-state index contributed by atoms with van der Waals surface area (Å²) in [5.74, 6) is -5.40. The maximum atomic E-state index is 11.7. The molecule has 3 rings (SSSR count). The first kappa shape index (κ1) is 48.6. The van der Waals surface area contributed by atoms with Crippen LogP contribution in [0.4, 0.5) is 0 Å². The lowest BCUT2D eigenvalue weighted by Crippen LogP contribution is -2.59. The summed E-state index contributed by atoms with van der Waals surface area (Å²) >= 11 is 0. The predicted octanol–water partition coefficient (Wildman–Crippen LogP) is 2.08. The average Bonchev–Trinajstić information content (AvgIpc) is 3.11. The number of likely N-dealkylation sites (tertiary alicyclic amines) is 1. The van der Waals surface area contributed by atoms with Gasteiger partial charge < -0.3 is 53.2 Å². The smallest absolute Gasteiger partial charge is 0.310 e. The van der Waals surface area contributed by atoms with Crippen LogP contribution in [0.3, 0.4) is 0 Å². The van der Waals surface area contributed by atoms with E-state index >= 15 is 0 Å². The highest BCUT2D eigenvalue weighted by atomic mass is 16.7. The van der Waals surface area contributed by atoms with E-state index in [0.717, 1.165) is 41.3 Å². The summed E-state index contributed by atoms with van der Waals surface area (Å²) in [6.07, 6.45) is -0.00892. The number of esters is 4. The summed E-state index contributed by atoms with van der Waals surface area (Å²) in [6, 6.07) is 0. The molecule has 0 aliphatic carbocycles. The minimum Gasteiger partial charge on any atom is -0.469 e. The first-order chi connectivity index (χ1) is 24.4. The maximum Gasteiger partial charge on any atom is 0.310 e. The molecule has 2 unspecified atom stereocenters. The van der Waals surface area contributed by atoms with Crippen LogP contribution in [0.5, 0.6) is 0 Å². The lowest BCUT2D eigenvalue weighted by molar-refractivity contribution is -0.337. The van der Waals surface area contributed by atoms with Gasteiger partial charge in [0.2, 0.25) is 0 Å². The Bertz CT molecular complexity index is 1080. The largest absolute Gasteiger partial charge is 0.469 e. The van der Waals surface area contributed by atoms with Crippen LogP contribution < -0.4 is 0 Å². The molecule has 0 aromatic rings. The van der Waals surface area contributed by atoms with Crippen molar-refractivity contribution in [2.24, 2.45) is 28.1 Å². The number of methoxy groups -OCH3 is 4. The normalized spacial score (nSPS) is 25.7. The molecular weight excluding hydrogens is 698 g/mol. The van der Waals surface area contributed by atoms with E-state index < -0.39 is 72.0 Å². The second kappa shape index (κ2) is 20.5. The van der Waals surface area contributed by atoms with E-state index in [9.17, 15) is 34.5 Å². The van der Waals surface area contributed by atoms with Crippen LogP contribution in [-0.4, -0.2) is 149 Å². The highest BCUT2D eigenvalue weighted by Crippen LogP contribution is 2.38. The molecule has 3 aliphatic rings. The van der Waals surface area contributed by atoms with E-state index in [0.29, 0.717) is 26.4 Å². The highest BCUT2D eigenvalue weighted by molar-refractivity contribution is 5.88. The van der Waals surface area contributed by atoms with Gasteiger partial charge in [0.1, 0.15) is 0 Å². The minimum atomic E-state index is -1.18. The van der Waals surface area contributed by atoms with E-state index in [4.69, 9.17) is 18.9 Å². The zero-order valence-electron chi connectivity index (χ0n) is 34.1. The molecule has 0 radical (unpaired) electrons. The molecule has 3 saturated heterocycles. The number of carbonyl (C=O) groups excluding carboxylic acids is 4. The molecule has 0 saturated carbocycles. The summed E-state index contributed by atoms with van der Waals surface area (Å²) in [7, 11) is 6.65. The summed E-state index contributed by atoms with van der Waals surface area (Å²) in [4.78, 5) is 48.4. The molecule has 0 amide bonds. The van der Waals surface area contributed by atoms with E-state index in [-0.39, 0.29) is 35.8 Å². The van der Waals surface area contributed by atoms with Gasteiger partial charge in [0, 0.05) is 21.9 Å². The van der Waals surface area contributed by atoms with Crippen molar-refractivity contribution in [1.82, 2.24) is 4.90 Å². The Morgan fingerprint density at radius 3 is 1.21 bits per heavy atom. The predicted molar refractivity (Wildman–Crippen MR) is 191 cm³/mol. The molecule has 2 atom stereocenters. The number of ether oxygens (including phenoxy) is 8. The van der Waals surface area contributed by atoms with Crippen molar-refractivity contribution in [3.63, 3.8) is 0 Å². The lowest BCUT2D eigenvalue weighted by Gasteiger charge is -2.52. The van der Waals surface area contributed by atoms with Crippen LogP contribution in [0.25, 0.3) is 0 Å². The Hall–Kier alpha value is -2.44. The minimum absolute atomic E-state index is 0.00440. The Morgan fingerprint density at radius 2 is 0.962 bits per heavy atom. The zero-order valence-corrected chi connectivity index (χ0v) is 34.1. The fourth-order valence-corrected chi connectivity index (χ4v) is 6.33. The monoisotopic (exact) mass is 765 g/mol. The van der Waals surface area contributed by atoms with Gasteiger partial charge in [-0.05, 0) is 47.6 Å². The number of hydrogen-bond acceptors (Lipinski definition) is 16. The molecular formula is C37H67NO15. The van der Waals surface area contributed by atoms with Gasteiger partial charge in [-0.1, -0.05) is 27.7 Å². The van der Waals surface area contributed by atoms with Crippen LogP contribution >= 0.6 is 0 Å². The summed E-state index contributed by atoms with van der Waals surface area (Å²) in [5.41, 5.74) is -0.911. The Kier molecular flexibility index (Phi) is 18.8. The second-order valence-electron chi connectivity index (χ2n) is 16.8. The van der Waals surface area contributed by atoms with Crippen molar-refractivity contribution in [1.29, 1.82) is 0 Å². The number of hydrogen-bond donors (Lipinski definition) is 3. The van der Waals surface area contributed by atoms with Gasteiger partial charge in [-0.15, -0.1) is 0 Å². The van der Waals surface area contributed by atoms with Gasteiger partial charge in [-0.25, -0.2) is 0 Å². The molecule has 53 heavy (non-hydrogen) atoms. The topological polar surface area (TPSA) is 206 Å². The van der Waals surface area contributed by atoms with Crippen molar-refractivity contribution >= 4 is 23.9 Å². The number of carbonyl (C=O) groups is 4. The van der Waals surface area contributed by atoms with Gasteiger partial charge in [0.25, 0.3) is 0 Å². The van der Waals surface area contributed by atoms with Crippen LogP contribution in [0.15, 0.2) is 0 Å². The number of nitrogens with zero attached hydrogens (tertiary/aromatic N) is 1. The Labute approximate surface area is 315 Å². The van der Waals surface area contributed by atoms with Gasteiger partial charge in [-0.2, -0.15) is 0 Å². The van der Waals surface area contributed by atoms with E-state index in [1.54, 1.807) is 0 Å². The van der Waals surface area contributed by atoms with E-state index in [2.05, 4.69) is 58.6 Å². The van der Waals surface area contributed by atoms with Crippen LogP contribution in [-0.2, 0) is 57.1 Å². The van der Waals surface area contributed by atoms with E-state index in [1.165, 1.54) is 0 Å². The molecule has 3 aliphatic heterocycles. The van der Waals surface area contributed by atoms with Crippen molar-refractivity contribution in [2.75, 3.05) is 75.1 Å². The number of piperidine rings is 1.